The highest BCUT2D eigenvalue weighted by Gasteiger charge is 2.51. The molecule has 0 amide bonds. The number of rotatable bonds is 0. The number of hydrogen-bond acceptors (Lipinski definition) is 1. The Morgan fingerprint density at radius 1 is 1.11 bits per heavy atom. The van der Waals surface area contributed by atoms with Crippen LogP contribution in [-0.4, -0.2) is 0 Å². The van der Waals surface area contributed by atoms with E-state index in [0.29, 0.717) is 0 Å². The highest BCUT2D eigenvalue weighted by atomic mass is 127. The molecule has 1 saturated carbocycles. The largest absolute Gasteiger partial charge is 0.457 e. The highest BCUT2D eigenvalue weighted by Crippen LogP contribution is 2.62. The number of fused-ring (bicyclic) bond motifs is 4. The monoisotopic (exact) mass is 446 g/mol. The minimum atomic E-state index is 0.133. The third kappa shape index (κ3) is 1.78. The second-order valence-corrected chi connectivity index (χ2v) is 7.59. The van der Waals surface area contributed by atoms with Crippen LogP contribution in [0.2, 0.25) is 5.02 Å². The first-order valence-electron chi connectivity index (χ1n) is 6.08. The lowest BCUT2D eigenvalue weighted by molar-refractivity contribution is 0.441. The molecule has 0 radical (unpaired) electrons. The SMILES string of the molecule is Clc1cc2c(cc1Br)Oc1ccc(I)cc1C21CC1. The molecular weight excluding hydrogens is 438 g/mol. The Labute approximate surface area is 138 Å². The van der Waals surface area contributed by atoms with E-state index in [2.05, 4.69) is 62.8 Å². The summed E-state index contributed by atoms with van der Waals surface area (Å²) in [5, 5.41) is 0.753. The molecule has 1 fully saturated rings. The van der Waals surface area contributed by atoms with Crippen molar-refractivity contribution < 1.29 is 4.74 Å². The minimum absolute atomic E-state index is 0.133. The molecule has 1 nitrogen and oxygen atoms in total. The van der Waals surface area contributed by atoms with E-state index in [0.717, 1.165) is 21.0 Å². The Kier molecular flexibility index (Phi) is 2.71. The molecule has 0 bridgehead atoms. The van der Waals surface area contributed by atoms with Crippen molar-refractivity contribution in [1.82, 2.24) is 0 Å². The van der Waals surface area contributed by atoms with Crippen molar-refractivity contribution in [3.63, 3.8) is 0 Å². The van der Waals surface area contributed by atoms with Gasteiger partial charge in [0.05, 0.1) is 5.02 Å². The molecule has 96 valence electrons. The zero-order valence-electron chi connectivity index (χ0n) is 9.84. The Balaban J connectivity index is 1.99. The Bertz CT molecular complexity index is 710. The maximum atomic E-state index is 6.26. The summed E-state index contributed by atoms with van der Waals surface area (Å²) in [5.74, 6) is 1.92. The first-order valence-corrected chi connectivity index (χ1v) is 8.32. The quantitative estimate of drug-likeness (QED) is 0.458. The smallest absolute Gasteiger partial charge is 0.132 e. The van der Waals surface area contributed by atoms with Crippen LogP contribution in [-0.2, 0) is 5.41 Å². The highest BCUT2D eigenvalue weighted by molar-refractivity contribution is 14.1. The van der Waals surface area contributed by atoms with Gasteiger partial charge in [-0.3, -0.25) is 0 Å². The van der Waals surface area contributed by atoms with Gasteiger partial charge < -0.3 is 4.74 Å². The predicted octanol–water partition coefficient (Wildman–Crippen LogP) is 5.89. The van der Waals surface area contributed by atoms with Gasteiger partial charge in [0.2, 0.25) is 0 Å². The van der Waals surface area contributed by atoms with Crippen LogP contribution < -0.4 is 4.74 Å². The summed E-state index contributed by atoms with van der Waals surface area (Å²) < 4.78 is 8.19. The van der Waals surface area contributed by atoms with E-state index in [4.69, 9.17) is 16.3 Å². The standard InChI is InChI=1S/C15H9BrClIO/c16-11-7-14-10(6-12(11)17)15(3-4-15)9-5-8(18)1-2-13(9)19-14/h1-2,5-7H,3-4H2. The maximum absolute atomic E-state index is 6.26. The summed E-state index contributed by atoms with van der Waals surface area (Å²) in [6.07, 6.45) is 2.35. The molecule has 0 atom stereocenters. The molecule has 4 heteroatoms. The molecule has 19 heavy (non-hydrogen) atoms. The Hall–Kier alpha value is -0.260. The van der Waals surface area contributed by atoms with Gasteiger partial charge in [0.25, 0.3) is 0 Å². The van der Waals surface area contributed by atoms with Gasteiger partial charge >= 0.3 is 0 Å². The molecule has 0 unspecified atom stereocenters. The number of halogens is 3. The molecule has 1 aliphatic carbocycles. The fourth-order valence-electron chi connectivity index (χ4n) is 2.88. The van der Waals surface area contributed by atoms with Crippen molar-refractivity contribution in [2.45, 2.75) is 18.3 Å². The molecule has 0 N–H and O–H groups in total. The van der Waals surface area contributed by atoms with E-state index >= 15 is 0 Å². The van der Waals surface area contributed by atoms with Crippen molar-refractivity contribution in [2.24, 2.45) is 0 Å². The van der Waals surface area contributed by atoms with Gasteiger partial charge in [-0.2, -0.15) is 0 Å². The molecule has 1 spiro atoms. The summed E-state index contributed by atoms with van der Waals surface area (Å²) in [6.45, 7) is 0. The second-order valence-electron chi connectivity index (χ2n) is 5.09. The first kappa shape index (κ1) is 12.5. The molecule has 1 aliphatic heterocycles. The van der Waals surface area contributed by atoms with E-state index in [9.17, 15) is 0 Å². The fourth-order valence-corrected chi connectivity index (χ4v) is 3.86. The molecule has 0 aromatic heterocycles. The molecular formula is C15H9BrClIO. The Morgan fingerprint density at radius 2 is 1.84 bits per heavy atom. The average Bonchev–Trinajstić information content (AvgIpc) is 3.15. The predicted molar refractivity (Wildman–Crippen MR) is 88.4 cm³/mol. The van der Waals surface area contributed by atoms with E-state index in [-0.39, 0.29) is 5.41 Å². The van der Waals surface area contributed by atoms with Gasteiger partial charge in [0.15, 0.2) is 0 Å². The first-order chi connectivity index (χ1) is 9.10. The van der Waals surface area contributed by atoms with Crippen molar-refractivity contribution in [2.75, 3.05) is 0 Å². The summed E-state index contributed by atoms with van der Waals surface area (Å²) >= 11 is 12.1. The number of benzene rings is 2. The Morgan fingerprint density at radius 3 is 2.58 bits per heavy atom. The molecule has 2 aliphatic rings. The van der Waals surface area contributed by atoms with E-state index in [1.807, 2.05) is 6.07 Å². The fraction of sp³-hybridized carbons (Fsp3) is 0.200. The third-order valence-corrected chi connectivity index (χ3v) is 5.83. The molecule has 1 heterocycles. The average molecular weight is 447 g/mol. The van der Waals surface area contributed by atoms with Gasteiger partial charge in [0, 0.05) is 24.6 Å². The van der Waals surface area contributed by atoms with E-state index < -0.39 is 0 Å². The van der Waals surface area contributed by atoms with Crippen LogP contribution in [0.4, 0.5) is 0 Å². The van der Waals surface area contributed by atoms with Gasteiger partial charge in [-0.05, 0) is 81.7 Å². The minimum Gasteiger partial charge on any atom is -0.457 e. The lowest BCUT2D eigenvalue weighted by Gasteiger charge is -2.29. The summed E-state index contributed by atoms with van der Waals surface area (Å²) in [6, 6.07) is 10.4. The van der Waals surface area contributed by atoms with Crippen molar-refractivity contribution >= 4 is 50.1 Å². The zero-order chi connectivity index (χ0) is 13.2. The molecule has 4 rings (SSSR count). The van der Waals surface area contributed by atoms with E-state index in [1.165, 1.54) is 27.5 Å². The van der Waals surface area contributed by atoms with Crippen molar-refractivity contribution in [3.8, 4) is 11.5 Å². The molecule has 2 aromatic rings. The number of hydrogen-bond donors (Lipinski definition) is 0. The molecule has 0 saturated heterocycles. The van der Waals surface area contributed by atoms with Crippen LogP contribution in [0.5, 0.6) is 11.5 Å². The van der Waals surface area contributed by atoms with Crippen LogP contribution in [0, 0.1) is 3.57 Å². The summed E-state index contributed by atoms with van der Waals surface area (Å²) in [5.41, 5.74) is 2.68. The lowest BCUT2D eigenvalue weighted by atomic mass is 9.85. The normalized spacial score (nSPS) is 17.6. The third-order valence-electron chi connectivity index (χ3n) is 3.97. The zero-order valence-corrected chi connectivity index (χ0v) is 14.3. The summed E-state index contributed by atoms with van der Waals surface area (Å²) in [4.78, 5) is 0. The van der Waals surface area contributed by atoms with Crippen molar-refractivity contribution in [1.29, 1.82) is 0 Å². The number of ether oxygens (including phenoxy) is 1. The van der Waals surface area contributed by atoms with Gasteiger partial charge in [-0.25, -0.2) is 0 Å². The van der Waals surface area contributed by atoms with E-state index in [1.54, 1.807) is 0 Å². The topological polar surface area (TPSA) is 9.23 Å². The van der Waals surface area contributed by atoms with Crippen LogP contribution in [0.15, 0.2) is 34.8 Å². The van der Waals surface area contributed by atoms with Crippen LogP contribution in [0.3, 0.4) is 0 Å². The second kappa shape index (κ2) is 4.12. The van der Waals surface area contributed by atoms with Crippen molar-refractivity contribution in [3.05, 3.63) is 54.5 Å². The van der Waals surface area contributed by atoms with Crippen LogP contribution in [0.25, 0.3) is 0 Å². The summed E-state index contributed by atoms with van der Waals surface area (Å²) in [7, 11) is 0. The van der Waals surface area contributed by atoms with Crippen LogP contribution in [0.1, 0.15) is 24.0 Å². The van der Waals surface area contributed by atoms with Gasteiger partial charge in [0.1, 0.15) is 11.5 Å². The van der Waals surface area contributed by atoms with Crippen LogP contribution >= 0.6 is 50.1 Å². The lowest BCUT2D eigenvalue weighted by Crippen LogP contribution is -2.16. The maximum Gasteiger partial charge on any atom is 0.132 e. The van der Waals surface area contributed by atoms with Gasteiger partial charge in [-0.15, -0.1) is 0 Å². The molecule has 2 aromatic carbocycles. The van der Waals surface area contributed by atoms with Gasteiger partial charge in [-0.1, -0.05) is 11.6 Å².